The number of nitrogens with zero attached hydrogens (tertiary/aromatic N) is 2. The Hall–Kier alpha value is -1.33. The summed E-state index contributed by atoms with van der Waals surface area (Å²) in [5.74, 6) is 0.762. The Morgan fingerprint density at radius 2 is 2.19 bits per heavy atom. The molecule has 1 aromatic heterocycles. The summed E-state index contributed by atoms with van der Waals surface area (Å²) in [6, 6.07) is 5.15. The van der Waals surface area contributed by atoms with Crippen molar-refractivity contribution in [2.24, 2.45) is 0 Å². The van der Waals surface area contributed by atoms with Gasteiger partial charge in [-0.15, -0.1) is 0 Å². The number of rotatable bonds is 2. The SMILES string of the molecule is Nc1cccc(Cl)c1Oc1ncncc1Br. The number of hydrogen-bond donors (Lipinski definition) is 1. The molecule has 16 heavy (non-hydrogen) atoms. The second-order valence-corrected chi connectivity index (χ2v) is 4.20. The largest absolute Gasteiger partial charge is 0.434 e. The zero-order chi connectivity index (χ0) is 11.5. The molecule has 4 nitrogen and oxygen atoms in total. The van der Waals surface area contributed by atoms with Gasteiger partial charge in [-0.1, -0.05) is 17.7 Å². The molecule has 2 N–H and O–H groups in total. The van der Waals surface area contributed by atoms with Crippen molar-refractivity contribution in [1.82, 2.24) is 9.97 Å². The number of hydrogen-bond acceptors (Lipinski definition) is 4. The molecule has 82 valence electrons. The third-order valence-corrected chi connectivity index (χ3v) is 2.67. The van der Waals surface area contributed by atoms with Crippen LogP contribution in [0.1, 0.15) is 0 Å². The van der Waals surface area contributed by atoms with Crippen LogP contribution < -0.4 is 10.5 Å². The molecule has 1 aromatic carbocycles. The van der Waals surface area contributed by atoms with Gasteiger partial charge in [0.2, 0.25) is 5.88 Å². The van der Waals surface area contributed by atoms with Gasteiger partial charge in [0.1, 0.15) is 6.33 Å². The molecule has 0 saturated heterocycles. The molecule has 0 radical (unpaired) electrons. The molecule has 0 bridgehead atoms. The van der Waals surface area contributed by atoms with Crippen molar-refractivity contribution >= 4 is 33.2 Å². The van der Waals surface area contributed by atoms with Gasteiger partial charge in [0.15, 0.2) is 5.75 Å². The molecule has 0 aliphatic heterocycles. The molecule has 0 fully saturated rings. The Morgan fingerprint density at radius 3 is 2.88 bits per heavy atom. The van der Waals surface area contributed by atoms with E-state index in [1.165, 1.54) is 6.33 Å². The standard InChI is InChI=1S/C10H7BrClN3O/c11-6-4-14-5-15-10(6)16-9-7(12)2-1-3-8(9)13/h1-5H,13H2. The minimum Gasteiger partial charge on any atom is -0.434 e. The van der Waals surface area contributed by atoms with Crippen LogP contribution in [0.25, 0.3) is 0 Å². The fourth-order valence-electron chi connectivity index (χ4n) is 1.11. The quantitative estimate of drug-likeness (QED) is 0.865. The van der Waals surface area contributed by atoms with Gasteiger partial charge in [-0.2, -0.15) is 0 Å². The lowest BCUT2D eigenvalue weighted by Crippen LogP contribution is -1.95. The van der Waals surface area contributed by atoms with E-state index < -0.39 is 0 Å². The molecule has 0 atom stereocenters. The maximum atomic E-state index is 5.97. The molecule has 2 rings (SSSR count). The Labute approximate surface area is 106 Å². The Balaban J connectivity index is 2.38. The van der Waals surface area contributed by atoms with E-state index in [1.807, 2.05) is 0 Å². The molecule has 1 heterocycles. The van der Waals surface area contributed by atoms with Gasteiger partial charge in [0, 0.05) is 6.20 Å². The van der Waals surface area contributed by atoms with E-state index in [4.69, 9.17) is 22.1 Å². The van der Waals surface area contributed by atoms with Crippen molar-refractivity contribution in [2.45, 2.75) is 0 Å². The third kappa shape index (κ3) is 2.25. The summed E-state index contributed by atoms with van der Waals surface area (Å²) in [5.41, 5.74) is 6.21. The average Bonchev–Trinajstić information content (AvgIpc) is 2.26. The molecule has 2 aromatic rings. The van der Waals surface area contributed by atoms with Gasteiger partial charge in [-0.3, -0.25) is 0 Å². The summed E-state index contributed by atoms with van der Waals surface area (Å²) in [4.78, 5) is 7.79. The molecule has 6 heteroatoms. The predicted molar refractivity (Wildman–Crippen MR) is 65.7 cm³/mol. The molecular formula is C10H7BrClN3O. The summed E-state index contributed by atoms with van der Waals surface area (Å²) >= 11 is 9.24. The van der Waals surface area contributed by atoms with Gasteiger partial charge < -0.3 is 10.5 Å². The van der Waals surface area contributed by atoms with E-state index in [0.29, 0.717) is 26.8 Å². The van der Waals surface area contributed by atoms with Crippen LogP contribution in [0, 0.1) is 0 Å². The smallest absolute Gasteiger partial charge is 0.236 e. The molecule has 0 unspecified atom stereocenters. The molecule has 0 aliphatic rings. The number of anilines is 1. The van der Waals surface area contributed by atoms with Crippen LogP contribution >= 0.6 is 27.5 Å². The lowest BCUT2D eigenvalue weighted by atomic mass is 10.3. The van der Waals surface area contributed by atoms with E-state index in [0.717, 1.165) is 0 Å². The predicted octanol–water partition coefficient (Wildman–Crippen LogP) is 3.27. The normalized spacial score (nSPS) is 10.1. The van der Waals surface area contributed by atoms with Crippen molar-refractivity contribution < 1.29 is 4.74 Å². The number of para-hydroxylation sites is 1. The number of nitrogen functional groups attached to an aromatic ring is 1. The van der Waals surface area contributed by atoms with Crippen LogP contribution in [0.2, 0.25) is 5.02 Å². The molecule has 0 spiro atoms. The first-order valence-corrected chi connectivity index (χ1v) is 5.53. The van der Waals surface area contributed by atoms with Gasteiger partial charge in [-0.05, 0) is 28.1 Å². The number of nitrogens with two attached hydrogens (primary N) is 1. The first kappa shape index (κ1) is 11.2. The maximum absolute atomic E-state index is 5.97. The van der Waals surface area contributed by atoms with Crippen molar-refractivity contribution in [2.75, 3.05) is 5.73 Å². The van der Waals surface area contributed by atoms with Gasteiger partial charge in [0.05, 0.1) is 15.2 Å². The third-order valence-electron chi connectivity index (χ3n) is 1.83. The summed E-state index contributed by atoms with van der Waals surface area (Å²) in [6.45, 7) is 0. The Morgan fingerprint density at radius 1 is 1.38 bits per heavy atom. The zero-order valence-electron chi connectivity index (χ0n) is 8.02. The van der Waals surface area contributed by atoms with Crippen LogP contribution in [-0.4, -0.2) is 9.97 Å². The van der Waals surface area contributed by atoms with Crippen LogP contribution in [0.5, 0.6) is 11.6 Å². The molecule has 0 saturated carbocycles. The summed E-state index contributed by atoms with van der Waals surface area (Å²) in [5, 5.41) is 0.436. The van der Waals surface area contributed by atoms with E-state index in [1.54, 1.807) is 24.4 Å². The first-order chi connectivity index (χ1) is 7.68. The number of ether oxygens (including phenoxy) is 1. The summed E-state index contributed by atoms with van der Waals surface area (Å²) in [6.07, 6.45) is 2.96. The maximum Gasteiger partial charge on any atom is 0.236 e. The van der Waals surface area contributed by atoms with Crippen LogP contribution in [-0.2, 0) is 0 Å². The Kier molecular flexibility index (Phi) is 3.26. The minimum atomic E-state index is 0.370. The summed E-state index contributed by atoms with van der Waals surface area (Å²) < 4.78 is 6.15. The lowest BCUT2D eigenvalue weighted by molar-refractivity contribution is 0.460. The lowest BCUT2D eigenvalue weighted by Gasteiger charge is -2.09. The van der Waals surface area contributed by atoms with Gasteiger partial charge in [-0.25, -0.2) is 9.97 Å². The van der Waals surface area contributed by atoms with Crippen LogP contribution in [0.3, 0.4) is 0 Å². The fraction of sp³-hybridized carbons (Fsp3) is 0. The highest BCUT2D eigenvalue weighted by molar-refractivity contribution is 9.10. The average molecular weight is 301 g/mol. The van der Waals surface area contributed by atoms with E-state index in [2.05, 4.69) is 25.9 Å². The monoisotopic (exact) mass is 299 g/mol. The van der Waals surface area contributed by atoms with Crippen molar-refractivity contribution in [3.05, 3.63) is 40.2 Å². The van der Waals surface area contributed by atoms with E-state index in [9.17, 15) is 0 Å². The van der Waals surface area contributed by atoms with E-state index in [-0.39, 0.29) is 0 Å². The van der Waals surface area contributed by atoms with Crippen molar-refractivity contribution in [3.63, 3.8) is 0 Å². The zero-order valence-corrected chi connectivity index (χ0v) is 10.4. The van der Waals surface area contributed by atoms with E-state index >= 15 is 0 Å². The molecular weight excluding hydrogens is 293 g/mol. The van der Waals surface area contributed by atoms with Gasteiger partial charge in [0.25, 0.3) is 0 Å². The van der Waals surface area contributed by atoms with Crippen molar-refractivity contribution in [3.8, 4) is 11.6 Å². The van der Waals surface area contributed by atoms with Crippen LogP contribution in [0.4, 0.5) is 5.69 Å². The number of aromatic nitrogens is 2. The summed E-state index contributed by atoms with van der Waals surface area (Å²) in [7, 11) is 0. The second kappa shape index (κ2) is 4.67. The molecule has 0 amide bonds. The highest BCUT2D eigenvalue weighted by atomic mass is 79.9. The van der Waals surface area contributed by atoms with Crippen molar-refractivity contribution in [1.29, 1.82) is 0 Å². The number of benzene rings is 1. The van der Waals surface area contributed by atoms with Crippen LogP contribution in [0.15, 0.2) is 35.2 Å². The number of halogens is 2. The highest BCUT2D eigenvalue weighted by Gasteiger charge is 2.10. The Bertz CT molecular complexity index is 501. The minimum absolute atomic E-state index is 0.370. The first-order valence-electron chi connectivity index (χ1n) is 4.36. The highest BCUT2D eigenvalue weighted by Crippen LogP contribution is 2.35. The topological polar surface area (TPSA) is 61.0 Å². The fourth-order valence-corrected chi connectivity index (χ4v) is 1.63. The molecule has 0 aliphatic carbocycles. The van der Waals surface area contributed by atoms with Gasteiger partial charge >= 0.3 is 0 Å². The second-order valence-electron chi connectivity index (χ2n) is 2.94.